The molecule has 136 valence electrons. The molecule has 0 aliphatic heterocycles. The average Bonchev–Trinajstić information content (AvgIpc) is 3.14. The lowest BCUT2D eigenvalue weighted by molar-refractivity contribution is 0.0795. The predicted molar refractivity (Wildman–Crippen MR) is 109 cm³/mol. The zero-order valence-corrected chi connectivity index (χ0v) is 16.9. The van der Waals surface area contributed by atoms with E-state index in [-0.39, 0.29) is 6.10 Å². The maximum atomic E-state index is 6.39. The van der Waals surface area contributed by atoms with Gasteiger partial charge in [0.1, 0.15) is 0 Å². The smallest absolute Gasteiger partial charge is 0.0975 e. The van der Waals surface area contributed by atoms with Crippen LogP contribution in [0.25, 0.3) is 0 Å². The van der Waals surface area contributed by atoms with Gasteiger partial charge in [0.2, 0.25) is 0 Å². The standard InChI is InChI=1S/C19H17Cl3N2OS/c20-14-1-4-16(5-2-14)26-13-25-19(7-9-24-10-8-23-12-24)17-6-3-15(21)11-18(17)22/h1-6,8,10-12,19H,7,9,13H2. The fourth-order valence-corrected chi connectivity index (χ4v) is 3.84. The van der Waals surface area contributed by atoms with Crippen LogP contribution in [0.4, 0.5) is 0 Å². The molecule has 0 saturated heterocycles. The van der Waals surface area contributed by atoms with Gasteiger partial charge in [-0.2, -0.15) is 0 Å². The Hall–Kier alpha value is -1.17. The molecule has 3 rings (SSSR count). The summed E-state index contributed by atoms with van der Waals surface area (Å²) in [6.07, 6.45) is 6.13. The second-order valence-electron chi connectivity index (χ2n) is 5.63. The summed E-state index contributed by atoms with van der Waals surface area (Å²) in [5, 5.41) is 1.95. The number of aromatic nitrogens is 2. The van der Waals surface area contributed by atoms with Crippen LogP contribution in [0.15, 0.2) is 66.1 Å². The summed E-state index contributed by atoms with van der Waals surface area (Å²) in [5.41, 5.74) is 0.938. The van der Waals surface area contributed by atoms with Crippen LogP contribution >= 0.6 is 46.6 Å². The van der Waals surface area contributed by atoms with Crippen molar-refractivity contribution in [2.45, 2.75) is 24.0 Å². The van der Waals surface area contributed by atoms with Crippen molar-refractivity contribution in [1.29, 1.82) is 0 Å². The Morgan fingerprint density at radius 2 is 1.81 bits per heavy atom. The molecular weight excluding hydrogens is 411 g/mol. The minimum absolute atomic E-state index is 0.137. The van der Waals surface area contributed by atoms with E-state index >= 15 is 0 Å². The number of imidazole rings is 1. The van der Waals surface area contributed by atoms with Gasteiger partial charge in [-0.05, 0) is 48.4 Å². The van der Waals surface area contributed by atoms with E-state index in [2.05, 4.69) is 4.98 Å². The van der Waals surface area contributed by atoms with Crippen LogP contribution < -0.4 is 0 Å². The minimum atomic E-state index is -0.137. The van der Waals surface area contributed by atoms with E-state index in [0.29, 0.717) is 16.0 Å². The molecule has 0 radical (unpaired) electrons. The molecule has 2 aromatic carbocycles. The lowest BCUT2D eigenvalue weighted by atomic mass is 10.1. The molecule has 3 nitrogen and oxygen atoms in total. The Kier molecular flexibility index (Phi) is 7.29. The van der Waals surface area contributed by atoms with Gasteiger partial charge in [-0.3, -0.25) is 0 Å². The van der Waals surface area contributed by atoms with Crippen molar-refractivity contribution < 1.29 is 4.74 Å². The third-order valence-electron chi connectivity index (χ3n) is 3.83. The van der Waals surface area contributed by atoms with Gasteiger partial charge in [0.05, 0.1) is 18.4 Å². The first-order valence-electron chi connectivity index (χ1n) is 8.02. The zero-order valence-electron chi connectivity index (χ0n) is 13.8. The monoisotopic (exact) mass is 426 g/mol. The van der Waals surface area contributed by atoms with E-state index in [1.54, 1.807) is 30.4 Å². The Morgan fingerprint density at radius 3 is 2.50 bits per heavy atom. The normalized spacial score (nSPS) is 12.3. The molecule has 0 fully saturated rings. The van der Waals surface area contributed by atoms with Gasteiger partial charge in [0.25, 0.3) is 0 Å². The van der Waals surface area contributed by atoms with Gasteiger partial charge in [-0.25, -0.2) is 4.98 Å². The van der Waals surface area contributed by atoms with E-state index in [1.165, 1.54) is 0 Å². The van der Waals surface area contributed by atoms with Crippen LogP contribution in [-0.4, -0.2) is 15.5 Å². The average molecular weight is 428 g/mol. The number of nitrogens with zero attached hydrogens (tertiary/aromatic N) is 2. The van der Waals surface area contributed by atoms with Crippen molar-refractivity contribution in [3.8, 4) is 0 Å². The quantitative estimate of drug-likeness (QED) is 0.294. The second kappa shape index (κ2) is 9.67. The zero-order chi connectivity index (χ0) is 18.4. The lowest BCUT2D eigenvalue weighted by Gasteiger charge is -2.20. The second-order valence-corrected chi connectivity index (χ2v) is 7.90. The fourth-order valence-electron chi connectivity index (χ4n) is 2.49. The Morgan fingerprint density at radius 1 is 1.04 bits per heavy atom. The first kappa shape index (κ1) is 19.6. The highest BCUT2D eigenvalue weighted by Crippen LogP contribution is 2.32. The fraction of sp³-hybridized carbons (Fsp3) is 0.211. The number of rotatable bonds is 8. The number of halogens is 3. The molecule has 0 aliphatic rings. The summed E-state index contributed by atoms with van der Waals surface area (Å²) in [7, 11) is 0. The van der Waals surface area contributed by atoms with Crippen LogP contribution in [0.3, 0.4) is 0 Å². The molecule has 0 N–H and O–H groups in total. The third-order valence-corrected chi connectivity index (χ3v) is 5.50. The van der Waals surface area contributed by atoms with Crippen molar-refractivity contribution in [3.63, 3.8) is 0 Å². The van der Waals surface area contributed by atoms with Crippen molar-refractivity contribution in [3.05, 3.63) is 81.8 Å². The highest BCUT2D eigenvalue weighted by Gasteiger charge is 2.16. The topological polar surface area (TPSA) is 27.1 Å². The Labute approximate surface area is 172 Å². The molecular formula is C19H17Cl3N2OS. The molecule has 0 bridgehead atoms. The number of benzene rings is 2. The van der Waals surface area contributed by atoms with Crippen LogP contribution in [0.5, 0.6) is 0 Å². The summed E-state index contributed by atoms with van der Waals surface area (Å²) >= 11 is 20.0. The van der Waals surface area contributed by atoms with E-state index < -0.39 is 0 Å². The van der Waals surface area contributed by atoms with Gasteiger partial charge in [-0.15, -0.1) is 0 Å². The van der Waals surface area contributed by atoms with Crippen molar-refractivity contribution >= 4 is 46.6 Å². The first-order chi connectivity index (χ1) is 12.6. The summed E-state index contributed by atoms with van der Waals surface area (Å²) < 4.78 is 8.17. The number of hydrogen-bond acceptors (Lipinski definition) is 3. The highest BCUT2D eigenvalue weighted by atomic mass is 35.5. The number of hydrogen-bond donors (Lipinski definition) is 0. The molecule has 7 heteroatoms. The van der Waals surface area contributed by atoms with Crippen molar-refractivity contribution in [2.75, 3.05) is 5.94 Å². The summed E-state index contributed by atoms with van der Waals surface area (Å²) in [6.45, 7) is 0.787. The van der Waals surface area contributed by atoms with E-state index in [1.807, 2.05) is 47.2 Å². The number of thioether (sulfide) groups is 1. The molecule has 1 unspecified atom stereocenters. The Balaban J connectivity index is 1.66. The van der Waals surface area contributed by atoms with Crippen LogP contribution in [0.1, 0.15) is 18.1 Å². The van der Waals surface area contributed by atoms with Crippen molar-refractivity contribution in [1.82, 2.24) is 9.55 Å². The van der Waals surface area contributed by atoms with Crippen LogP contribution in [-0.2, 0) is 11.3 Å². The SMILES string of the molecule is Clc1ccc(SCOC(CCn2ccnc2)c2ccc(Cl)cc2Cl)cc1. The molecule has 1 aromatic heterocycles. The van der Waals surface area contributed by atoms with E-state index in [9.17, 15) is 0 Å². The van der Waals surface area contributed by atoms with Gasteiger partial charge in [0, 0.05) is 38.9 Å². The van der Waals surface area contributed by atoms with Gasteiger partial charge in [0.15, 0.2) is 0 Å². The predicted octanol–water partition coefficient (Wildman–Crippen LogP) is 6.74. The molecule has 3 aromatic rings. The van der Waals surface area contributed by atoms with Gasteiger partial charge in [-0.1, -0.05) is 52.6 Å². The largest absolute Gasteiger partial charge is 0.362 e. The molecule has 0 aliphatic carbocycles. The highest BCUT2D eigenvalue weighted by molar-refractivity contribution is 7.99. The van der Waals surface area contributed by atoms with Crippen molar-refractivity contribution in [2.24, 2.45) is 0 Å². The van der Waals surface area contributed by atoms with Gasteiger partial charge < -0.3 is 9.30 Å². The van der Waals surface area contributed by atoms with Crippen LogP contribution in [0.2, 0.25) is 15.1 Å². The summed E-state index contributed by atoms with van der Waals surface area (Å²) in [4.78, 5) is 5.18. The molecule has 0 amide bonds. The molecule has 26 heavy (non-hydrogen) atoms. The third kappa shape index (κ3) is 5.66. The number of ether oxygens (including phenoxy) is 1. The molecule has 1 heterocycles. The first-order valence-corrected chi connectivity index (χ1v) is 10.1. The van der Waals surface area contributed by atoms with E-state index in [0.717, 1.165) is 28.4 Å². The van der Waals surface area contributed by atoms with Gasteiger partial charge >= 0.3 is 0 Å². The van der Waals surface area contributed by atoms with Crippen LogP contribution in [0, 0.1) is 0 Å². The minimum Gasteiger partial charge on any atom is -0.362 e. The lowest BCUT2D eigenvalue weighted by Crippen LogP contribution is -2.09. The Bertz CT molecular complexity index is 825. The maximum absolute atomic E-state index is 6.39. The molecule has 0 spiro atoms. The number of aryl methyl sites for hydroxylation is 1. The maximum Gasteiger partial charge on any atom is 0.0975 e. The summed E-state index contributed by atoms with van der Waals surface area (Å²) in [5.74, 6) is 0.509. The van der Waals surface area contributed by atoms with E-state index in [4.69, 9.17) is 39.5 Å². The molecule has 0 saturated carbocycles. The summed E-state index contributed by atoms with van der Waals surface area (Å²) in [6, 6.07) is 13.2. The molecule has 1 atom stereocenters.